The minimum atomic E-state index is -3.70. The van der Waals surface area contributed by atoms with Gasteiger partial charge in [-0.15, -0.1) is 0 Å². The number of benzene rings is 3. The van der Waals surface area contributed by atoms with Gasteiger partial charge in [0.25, 0.3) is 0 Å². The molecule has 1 aliphatic carbocycles. The van der Waals surface area contributed by atoms with Crippen LogP contribution in [0.2, 0.25) is 0 Å². The highest BCUT2D eigenvalue weighted by molar-refractivity contribution is 7.89. The van der Waals surface area contributed by atoms with Crippen molar-refractivity contribution < 1.29 is 22.5 Å². The zero-order chi connectivity index (χ0) is 34.6. The van der Waals surface area contributed by atoms with Crippen LogP contribution < -0.4 is 25.5 Å². The van der Waals surface area contributed by atoms with Gasteiger partial charge in [-0.3, -0.25) is 9.63 Å². The Kier molecular flexibility index (Phi) is 16.4. The lowest BCUT2D eigenvalue weighted by Gasteiger charge is -2.22. The number of nitrogens with two attached hydrogens (primary N) is 1. The summed E-state index contributed by atoms with van der Waals surface area (Å²) in [6.07, 6.45) is 2.38. The van der Waals surface area contributed by atoms with E-state index in [1.54, 1.807) is 12.1 Å². The van der Waals surface area contributed by atoms with Gasteiger partial charge in [-0.1, -0.05) is 33.8 Å². The molecular weight excluding hydrogens is 625 g/mol. The smallest absolute Gasteiger partial charge is 0.240 e. The maximum atomic E-state index is 13.2. The summed E-state index contributed by atoms with van der Waals surface area (Å²) in [4.78, 5) is 18.4. The van der Waals surface area contributed by atoms with Gasteiger partial charge in [-0.05, 0) is 88.9 Å². The molecule has 0 saturated carbocycles. The zero-order valence-electron chi connectivity index (χ0n) is 29.2. The maximum Gasteiger partial charge on any atom is 0.240 e. The normalized spacial score (nSPS) is 11.2. The number of hydrogen-bond acceptors (Lipinski definition) is 7. The van der Waals surface area contributed by atoms with Crippen molar-refractivity contribution in [1.82, 2.24) is 9.30 Å². The molecule has 2 aromatic carbocycles. The van der Waals surface area contributed by atoms with Gasteiger partial charge in [0.15, 0.2) is 5.78 Å². The van der Waals surface area contributed by atoms with Crippen molar-refractivity contribution in [2.45, 2.75) is 86.5 Å². The van der Waals surface area contributed by atoms with Crippen LogP contribution in [0.25, 0.3) is 33.4 Å². The first-order chi connectivity index (χ1) is 22.7. The number of aryl methyl sites for hydroxylation is 1. The fraction of sp³-hybridized carbons (Fsp3) is 0.474. The summed E-state index contributed by atoms with van der Waals surface area (Å²) in [6.45, 7) is 18.3. The van der Waals surface area contributed by atoms with E-state index in [0.717, 1.165) is 82.6 Å². The highest BCUT2D eigenvalue weighted by Gasteiger charge is 2.22. The van der Waals surface area contributed by atoms with E-state index < -0.39 is 10.0 Å². The number of nitrogens with one attached hydrogen (secondary N) is 1. The predicted molar refractivity (Wildman–Crippen MR) is 200 cm³/mol. The van der Waals surface area contributed by atoms with Gasteiger partial charge in [-0.25, -0.2) is 23.6 Å². The minimum Gasteiger partial charge on any atom is -0.456 e. The van der Waals surface area contributed by atoms with Gasteiger partial charge in [0.2, 0.25) is 15.4 Å². The van der Waals surface area contributed by atoms with Crippen LogP contribution in [-0.2, 0) is 19.7 Å². The van der Waals surface area contributed by atoms with E-state index in [-0.39, 0.29) is 24.7 Å². The molecule has 0 saturated heterocycles. The Balaban J connectivity index is 0.00000262. The first-order valence-electron chi connectivity index (χ1n) is 16.9. The summed E-state index contributed by atoms with van der Waals surface area (Å²) in [6, 6.07) is 18.0. The number of sulfonamides is 1. The second-order valence-corrected chi connectivity index (χ2v) is 13.0. The Morgan fingerprint density at radius 3 is 2.23 bits per heavy atom. The fourth-order valence-electron chi connectivity index (χ4n) is 5.89. The predicted octanol–water partition coefficient (Wildman–Crippen LogP) is 7.13. The molecule has 0 bridgehead atoms. The van der Waals surface area contributed by atoms with Gasteiger partial charge in [-0.2, -0.15) is 0 Å². The molecule has 2 aromatic rings. The van der Waals surface area contributed by atoms with E-state index in [1.165, 1.54) is 0 Å². The van der Waals surface area contributed by atoms with Crippen molar-refractivity contribution in [3.63, 3.8) is 0 Å². The minimum absolute atomic E-state index is 0. The molecule has 0 spiro atoms. The van der Waals surface area contributed by atoms with Gasteiger partial charge in [0, 0.05) is 60.4 Å². The Morgan fingerprint density at radius 2 is 1.60 bits per heavy atom. The third kappa shape index (κ3) is 9.75. The lowest BCUT2D eigenvalue weighted by atomic mass is 9.91. The largest absolute Gasteiger partial charge is 0.456 e. The van der Waals surface area contributed by atoms with E-state index in [1.807, 2.05) is 26.8 Å². The van der Waals surface area contributed by atoms with E-state index in [2.05, 4.69) is 83.1 Å². The van der Waals surface area contributed by atoms with E-state index in [0.29, 0.717) is 25.8 Å². The summed E-state index contributed by atoms with van der Waals surface area (Å²) >= 11 is 0. The average Bonchev–Trinajstić information content (AvgIpc) is 3.07. The number of unbranched alkanes of at least 4 members (excludes halogenated alkanes) is 2. The molecule has 0 radical (unpaired) electrons. The van der Waals surface area contributed by atoms with Crippen LogP contribution in [0.5, 0.6) is 0 Å². The topological polar surface area (TPSA) is 118 Å². The molecule has 4 rings (SSSR count). The molecule has 3 N–H and O–H groups in total. The summed E-state index contributed by atoms with van der Waals surface area (Å²) in [7, 11) is -3.70. The van der Waals surface area contributed by atoms with Crippen molar-refractivity contribution in [3.05, 3.63) is 65.5 Å². The van der Waals surface area contributed by atoms with Crippen molar-refractivity contribution in [1.29, 1.82) is 0 Å². The highest BCUT2D eigenvalue weighted by atomic mass is 32.2. The van der Waals surface area contributed by atoms with Gasteiger partial charge >= 0.3 is 0 Å². The van der Waals surface area contributed by atoms with Gasteiger partial charge in [0.05, 0.1) is 11.0 Å². The Hall–Kier alpha value is -3.57. The van der Waals surface area contributed by atoms with Gasteiger partial charge in [0.1, 0.15) is 31.0 Å². The summed E-state index contributed by atoms with van der Waals surface area (Å²) in [5.41, 5.74) is 5.69. The molecule has 9 nitrogen and oxygen atoms in total. The molecule has 264 valence electrons. The third-order valence-electron chi connectivity index (χ3n) is 8.39. The van der Waals surface area contributed by atoms with E-state index in [9.17, 15) is 13.2 Å². The monoisotopic (exact) mass is 681 g/mol. The lowest BCUT2D eigenvalue weighted by molar-refractivity contribution is -0.123. The Labute approximate surface area is 288 Å². The van der Waals surface area contributed by atoms with Crippen molar-refractivity contribution in [2.24, 2.45) is 5.90 Å². The summed E-state index contributed by atoms with van der Waals surface area (Å²) in [5.74, 6) is 5.66. The summed E-state index contributed by atoms with van der Waals surface area (Å²) in [5, 5.41) is 2.07. The van der Waals surface area contributed by atoms with Crippen molar-refractivity contribution in [2.75, 3.05) is 44.2 Å². The third-order valence-corrected chi connectivity index (χ3v) is 9.85. The number of Topliss-reactive ketones (excluding diaryl/α,β-unsaturated/α-hetero) is 1. The highest BCUT2D eigenvalue weighted by Crippen LogP contribution is 2.42. The fourth-order valence-corrected chi connectivity index (χ4v) is 7.05. The van der Waals surface area contributed by atoms with Crippen molar-refractivity contribution in [3.8, 4) is 22.5 Å². The van der Waals surface area contributed by atoms with Gasteiger partial charge < -0.3 is 9.32 Å². The molecule has 0 atom stereocenters. The van der Waals surface area contributed by atoms with E-state index >= 15 is 0 Å². The molecule has 2 aliphatic rings. The maximum absolute atomic E-state index is 13.2. The lowest BCUT2D eigenvalue weighted by Crippen LogP contribution is -2.29. The number of fused-ring (bicyclic) bond motifs is 2. The zero-order valence-corrected chi connectivity index (χ0v) is 30.0. The van der Waals surface area contributed by atoms with Crippen LogP contribution in [0.3, 0.4) is 0 Å². The molecule has 10 heteroatoms. The summed E-state index contributed by atoms with van der Waals surface area (Å²) < 4.78 is 38.0. The SMILES string of the molecule is C.CC.CCN(CC)c1ccc2c(-c3ccc(S(=O)(=O)NCCCCCC(=O)CON)cc3C)c3ccc(=[N+](CC)CC)cc-3oc2c1. The Bertz CT molecular complexity index is 1770. The van der Waals surface area contributed by atoms with Crippen LogP contribution in [-0.4, -0.2) is 53.5 Å². The number of rotatable bonds is 16. The van der Waals surface area contributed by atoms with Crippen molar-refractivity contribution >= 4 is 32.5 Å². The molecule has 1 aliphatic heterocycles. The number of nitrogens with zero attached hydrogens (tertiary/aromatic N) is 2. The molecule has 0 unspecified atom stereocenters. The number of carbonyl (C=O) groups is 1. The second-order valence-electron chi connectivity index (χ2n) is 11.2. The first kappa shape index (κ1) is 40.6. The molecule has 0 fully saturated rings. The molecule has 0 aromatic heterocycles. The average molecular weight is 682 g/mol. The van der Waals surface area contributed by atoms with Crippen LogP contribution in [0.4, 0.5) is 5.69 Å². The molecule has 0 amide bonds. The van der Waals surface area contributed by atoms with E-state index in [4.69, 9.17) is 10.3 Å². The van der Waals surface area contributed by atoms with Crippen LogP contribution in [0, 0.1) is 6.92 Å². The molecule has 48 heavy (non-hydrogen) atoms. The number of hydrogen-bond donors (Lipinski definition) is 2. The quantitative estimate of drug-likeness (QED) is 0.0559. The first-order valence-corrected chi connectivity index (χ1v) is 18.4. The molecule has 1 heterocycles. The number of ketones is 1. The standard InChI is InChI=1S/C35H47N4O5S.C2H6.CH4/c1-6-38(7-2)26-14-17-31-33(22-26)44-34-23-27(39(8-3)9-4)15-18-32(34)35(31)30-19-16-29(21-25(30)5)45(41,42)37-20-12-10-11-13-28(40)24-43-36;1-2;/h14-19,21-23,37H,6-13,20,24,36H2,1-5H3;1-2H3;1H4/q+1;;. The second kappa shape index (κ2) is 19.4. The molecular formula is C38H57N4O5S+. The Morgan fingerprint density at radius 1 is 0.917 bits per heavy atom. The number of carbonyl (C=O) groups excluding carboxylic acids is 1. The van der Waals surface area contributed by atoms with Crippen LogP contribution in [0.15, 0.2) is 63.9 Å². The number of anilines is 1. The van der Waals surface area contributed by atoms with Crippen LogP contribution >= 0.6 is 0 Å². The van der Waals surface area contributed by atoms with Crippen LogP contribution in [0.1, 0.15) is 80.2 Å².